The molecule has 140 valence electrons. The number of halogens is 1. The van der Waals surface area contributed by atoms with E-state index in [2.05, 4.69) is 26.0 Å². The van der Waals surface area contributed by atoms with Crippen LogP contribution < -0.4 is 0 Å². The number of likely N-dealkylation sites (tertiary alicyclic amines) is 1. The van der Waals surface area contributed by atoms with Crippen molar-refractivity contribution in [1.82, 2.24) is 19.7 Å². The number of hydrogen-bond acceptors (Lipinski definition) is 4. The van der Waals surface area contributed by atoms with Crippen LogP contribution in [0.2, 0.25) is 0 Å². The van der Waals surface area contributed by atoms with E-state index in [1.807, 2.05) is 59.3 Å². The summed E-state index contributed by atoms with van der Waals surface area (Å²) in [6.45, 7) is 5.56. The van der Waals surface area contributed by atoms with Gasteiger partial charge >= 0.3 is 0 Å². The zero-order valence-electron chi connectivity index (χ0n) is 15.4. The lowest BCUT2D eigenvalue weighted by Gasteiger charge is -2.32. The molecule has 27 heavy (non-hydrogen) atoms. The van der Waals surface area contributed by atoms with E-state index in [0.29, 0.717) is 5.92 Å². The largest absolute Gasteiger partial charge is 0.338 e. The van der Waals surface area contributed by atoms with Gasteiger partial charge in [-0.3, -0.25) is 4.79 Å². The van der Waals surface area contributed by atoms with Gasteiger partial charge in [-0.2, -0.15) is 5.10 Å². The van der Waals surface area contributed by atoms with Crippen LogP contribution in [-0.4, -0.2) is 38.7 Å². The lowest BCUT2D eigenvalue weighted by Crippen LogP contribution is -2.39. The minimum atomic E-state index is 0.0948. The first-order valence-corrected chi connectivity index (χ1v) is 10.7. The highest BCUT2D eigenvalue weighted by atomic mass is 79.9. The fourth-order valence-electron chi connectivity index (χ4n) is 3.60. The molecule has 1 fully saturated rings. The van der Waals surface area contributed by atoms with Gasteiger partial charge in [0.25, 0.3) is 5.91 Å². The van der Waals surface area contributed by atoms with E-state index in [-0.39, 0.29) is 5.91 Å². The van der Waals surface area contributed by atoms with Gasteiger partial charge in [0.15, 0.2) is 0 Å². The van der Waals surface area contributed by atoms with Crippen LogP contribution in [0.3, 0.4) is 0 Å². The molecule has 3 heterocycles. The summed E-state index contributed by atoms with van der Waals surface area (Å²) in [5, 5.41) is 7.69. The molecule has 1 aromatic carbocycles. The molecule has 7 heteroatoms. The first kappa shape index (κ1) is 18.4. The molecule has 0 spiro atoms. The third-order valence-corrected chi connectivity index (χ3v) is 7.16. The average Bonchev–Trinajstić information content (AvgIpc) is 3.33. The average molecular weight is 445 g/mol. The van der Waals surface area contributed by atoms with Gasteiger partial charge < -0.3 is 4.90 Å². The predicted molar refractivity (Wildman–Crippen MR) is 111 cm³/mol. The number of aryl methyl sites for hydroxylation is 1. The molecular formula is C20H21BrN4OS. The Labute approximate surface area is 171 Å². The molecule has 1 saturated heterocycles. The molecule has 0 radical (unpaired) electrons. The summed E-state index contributed by atoms with van der Waals surface area (Å²) in [6, 6.07) is 7.72. The predicted octanol–water partition coefficient (Wildman–Crippen LogP) is 4.73. The molecule has 0 saturated carbocycles. The minimum Gasteiger partial charge on any atom is -0.338 e. The third kappa shape index (κ3) is 3.58. The lowest BCUT2D eigenvalue weighted by atomic mass is 9.98. The van der Waals surface area contributed by atoms with Crippen molar-refractivity contribution in [1.29, 1.82) is 0 Å². The van der Waals surface area contributed by atoms with Gasteiger partial charge in [0, 0.05) is 36.1 Å². The van der Waals surface area contributed by atoms with Crippen LogP contribution >= 0.6 is 27.3 Å². The zero-order valence-corrected chi connectivity index (χ0v) is 17.8. The first-order chi connectivity index (χ1) is 13.0. The number of carbonyl (C=O) groups is 1. The van der Waals surface area contributed by atoms with Crippen LogP contribution in [0.15, 0.2) is 40.3 Å². The topological polar surface area (TPSA) is 51.0 Å². The summed E-state index contributed by atoms with van der Waals surface area (Å²) >= 11 is 5.24. The van der Waals surface area contributed by atoms with Crippen molar-refractivity contribution in [2.45, 2.75) is 32.6 Å². The molecule has 1 aliphatic rings. The van der Waals surface area contributed by atoms with Gasteiger partial charge in [0.1, 0.15) is 0 Å². The summed E-state index contributed by atoms with van der Waals surface area (Å²) in [7, 11) is 0. The molecule has 0 bridgehead atoms. The van der Waals surface area contributed by atoms with Gasteiger partial charge in [-0.15, -0.1) is 11.3 Å². The summed E-state index contributed by atoms with van der Waals surface area (Å²) in [5.74, 6) is 0.450. The number of hydrogen-bond donors (Lipinski definition) is 0. The number of carbonyl (C=O) groups excluding carboxylic acids is 1. The third-order valence-electron chi connectivity index (χ3n) is 5.07. The second kappa shape index (κ2) is 7.56. The van der Waals surface area contributed by atoms with Crippen LogP contribution in [-0.2, 0) is 0 Å². The zero-order chi connectivity index (χ0) is 19.0. The summed E-state index contributed by atoms with van der Waals surface area (Å²) in [5.41, 5.74) is 3.68. The van der Waals surface area contributed by atoms with Crippen LogP contribution in [0.25, 0.3) is 5.69 Å². The molecule has 0 aliphatic carbocycles. The van der Waals surface area contributed by atoms with E-state index in [1.165, 1.54) is 0 Å². The molecule has 5 nitrogen and oxygen atoms in total. The normalized spacial score (nSPS) is 17.3. The maximum Gasteiger partial charge on any atom is 0.253 e. The summed E-state index contributed by atoms with van der Waals surface area (Å²) < 4.78 is 2.91. The highest BCUT2D eigenvalue weighted by Crippen LogP contribution is 2.29. The van der Waals surface area contributed by atoms with E-state index in [4.69, 9.17) is 0 Å². The van der Waals surface area contributed by atoms with Gasteiger partial charge in [0.05, 0.1) is 26.6 Å². The van der Waals surface area contributed by atoms with Gasteiger partial charge in [0.2, 0.25) is 0 Å². The van der Waals surface area contributed by atoms with Crippen LogP contribution in [0.5, 0.6) is 0 Å². The quantitative estimate of drug-likeness (QED) is 0.586. The molecule has 2 aromatic heterocycles. The Morgan fingerprint density at radius 3 is 2.67 bits per heavy atom. The van der Waals surface area contributed by atoms with Crippen molar-refractivity contribution in [3.63, 3.8) is 0 Å². The Morgan fingerprint density at radius 2 is 2.04 bits per heavy atom. The second-order valence-electron chi connectivity index (χ2n) is 6.90. The number of rotatable bonds is 3. The SMILES string of the molecule is Cc1nn(-c2ccc(C(=O)N3CCCC(c4nccs4)C3)cc2)c(C)c1Br. The molecule has 3 aromatic rings. The van der Waals surface area contributed by atoms with Crippen LogP contribution in [0.4, 0.5) is 0 Å². The van der Waals surface area contributed by atoms with Gasteiger partial charge in [-0.25, -0.2) is 9.67 Å². The number of thiazole rings is 1. The monoisotopic (exact) mass is 444 g/mol. The summed E-state index contributed by atoms with van der Waals surface area (Å²) in [4.78, 5) is 19.4. The van der Waals surface area contributed by atoms with E-state index in [0.717, 1.165) is 58.1 Å². The molecule has 1 unspecified atom stereocenters. The number of piperidine rings is 1. The van der Waals surface area contributed by atoms with Crippen molar-refractivity contribution in [2.75, 3.05) is 13.1 Å². The smallest absolute Gasteiger partial charge is 0.253 e. The molecule has 1 amide bonds. The summed E-state index contributed by atoms with van der Waals surface area (Å²) in [6.07, 6.45) is 3.97. The van der Waals surface area contributed by atoms with Crippen molar-refractivity contribution in [2.24, 2.45) is 0 Å². The first-order valence-electron chi connectivity index (χ1n) is 9.05. The minimum absolute atomic E-state index is 0.0948. The maximum absolute atomic E-state index is 13.0. The van der Waals surface area contributed by atoms with Crippen molar-refractivity contribution in [3.05, 3.63) is 62.3 Å². The standard InChI is InChI=1S/C20H21BrN4OS/c1-13-18(21)14(2)25(23-13)17-7-5-15(6-8-17)20(26)24-10-3-4-16(12-24)19-22-9-11-27-19/h5-9,11,16H,3-4,10,12H2,1-2H3. The molecular weight excluding hydrogens is 424 g/mol. The lowest BCUT2D eigenvalue weighted by molar-refractivity contribution is 0.0707. The number of aromatic nitrogens is 3. The fraction of sp³-hybridized carbons (Fsp3) is 0.350. The second-order valence-corrected chi connectivity index (χ2v) is 8.62. The number of nitrogens with zero attached hydrogens (tertiary/aromatic N) is 4. The van der Waals surface area contributed by atoms with E-state index in [1.54, 1.807) is 11.3 Å². The van der Waals surface area contributed by atoms with Crippen molar-refractivity contribution < 1.29 is 4.79 Å². The molecule has 1 aliphatic heterocycles. The highest BCUT2D eigenvalue weighted by Gasteiger charge is 2.26. The van der Waals surface area contributed by atoms with Crippen molar-refractivity contribution in [3.8, 4) is 5.69 Å². The van der Waals surface area contributed by atoms with E-state index >= 15 is 0 Å². The molecule has 1 atom stereocenters. The Bertz CT molecular complexity index is 949. The maximum atomic E-state index is 13.0. The van der Waals surface area contributed by atoms with Gasteiger partial charge in [-0.05, 0) is 66.9 Å². The Balaban J connectivity index is 1.51. The molecule has 0 N–H and O–H groups in total. The Kier molecular flexibility index (Phi) is 5.14. The van der Waals surface area contributed by atoms with Crippen molar-refractivity contribution >= 4 is 33.2 Å². The van der Waals surface area contributed by atoms with Crippen LogP contribution in [0, 0.1) is 13.8 Å². The number of benzene rings is 1. The highest BCUT2D eigenvalue weighted by molar-refractivity contribution is 9.10. The van der Waals surface area contributed by atoms with Crippen LogP contribution in [0.1, 0.15) is 45.5 Å². The van der Waals surface area contributed by atoms with E-state index < -0.39 is 0 Å². The van der Waals surface area contributed by atoms with E-state index in [9.17, 15) is 4.79 Å². The fourth-order valence-corrected chi connectivity index (χ4v) is 4.62. The van der Waals surface area contributed by atoms with Gasteiger partial charge in [-0.1, -0.05) is 0 Å². The molecule has 4 rings (SSSR count). The Hall–Kier alpha value is -1.99. The number of amides is 1. The Morgan fingerprint density at radius 1 is 1.26 bits per heavy atom.